The van der Waals surface area contributed by atoms with Gasteiger partial charge in [0.25, 0.3) is 0 Å². The Morgan fingerprint density at radius 3 is 1.48 bits per heavy atom. The summed E-state index contributed by atoms with van der Waals surface area (Å²) in [6, 6.07) is 43.5. The predicted molar refractivity (Wildman–Crippen MR) is 185 cm³/mol. The van der Waals surface area contributed by atoms with Crippen LogP contribution in [0.15, 0.2) is 180 Å². The maximum Gasteiger partial charge on any atom is 0.159 e. The SMILES string of the molecule is [2H]c1c([2H])c(-c2ccccc2)c2c(oc3c(N(c4ccc(-c5ccccc5)cc4)c4ccc(-c5ccccc5)cc4)c([2H])c([2H])c([2H])c32)c1[2H]. The van der Waals surface area contributed by atoms with Gasteiger partial charge in [-0.25, -0.2) is 0 Å². The van der Waals surface area contributed by atoms with Crippen LogP contribution in [-0.4, -0.2) is 0 Å². The number of benzene rings is 7. The van der Waals surface area contributed by atoms with Crippen molar-refractivity contribution in [3.05, 3.63) is 176 Å². The second-order valence-electron chi connectivity index (χ2n) is 10.5. The summed E-state index contributed by atoms with van der Waals surface area (Å²) in [6.07, 6.45) is 0. The van der Waals surface area contributed by atoms with Gasteiger partial charge < -0.3 is 9.32 Å². The summed E-state index contributed by atoms with van der Waals surface area (Å²) in [5.74, 6) is 0. The van der Waals surface area contributed by atoms with Crippen molar-refractivity contribution >= 4 is 39.0 Å². The highest BCUT2D eigenvalue weighted by Gasteiger charge is 2.21. The maximum atomic E-state index is 9.30. The van der Waals surface area contributed by atoms with E-state index in [0.717, 1.165) is 22.3 Å². The summed E-state index contributed by atoms with van der Waals surface area (Å²) in [5, 5.41) is 0.541. The molecule has 7 aromatic carbocycles. The molecule has 0 aliphatic heterocycles. The highest BCUT2D eigenvalue weighted by molar-refractivity contribution is 6.15. The zero-order valence-corrected chi connectivity index (χ0v) is 23.6. The lowest BCUT2D eigenvalue weighted by atomic mass is 9.99. The second-order valence-corrected chi connectivity index (χ2v) is 10.5. The van der Waals surface area contributed by atoms with E-state index in [9.17, 15) is 1.37 Å². The van der Waals surface area contributed by atoms with Crippen LogP contribution >= 0.6 is 0 Å². The number of nitrogens with zero attached hydrogens (tertiary/aromatic N) is 1. The van der Waals surface area contributed by atoms with Gasteiger partial charge in [0.05, 0.1) is 13.9 Å². The topological polar surface area (TPSA) is 16.4 Å². The van der Waals surface area contributed by atoms with Crippen LogP contribution in [0.3, 0.4) is 0 Å². The maximum absolute atomic E-state index is 9.30. The molecule has 0 unspecified atom stereocenters. The van der Waals surface area contributed by atoms with Gasteiger partial charge in [-0.1, -0.05) is 139 Å². The second kappa shape index (κ2) is 11.1. The lowest BCUT2D eigenvalue weighted by Crippen LogP contribution is -2.10. The van der Waals surface area contributed by atoms with Crippen LogP contribution in [0.4, 0.5) is 17.1 Å². The van der Waals surface area contributed by atoms with Gasteiger partial charge in [-0.2, -0.15) is 0 Å². The number of hydrogen-bond acceptors (Lipinski definition) is 2. The van der Waals surface area contributed by atoms with Crippen LogP contribution in [0.25, 0.3) is 55.3 Å². The van der Waals surface area contributed by atoms with Crippen molar-refractivity contribution in [3.8, 4) is 33.4 Å². The third-order valence-corrected chi connectivity index (χ3v) is 7.86. The molecule has 2 nitrogen and oxygen atoms in total. The highest BCUT2D eigenvalue weighted by atomic mass is 16.3. The molecule has 0 aliphatic rings. The van der Waals surface area contributed by atoms with E-state index in [1.165, 1.54) is 0 Å². The fourth-order valence-electron chi connectivity index (χ4n) is 5.72. The van der Waals surface area contributed by atoms with Gasteiger partial charge in [-0.3, -0.25) is 0 Å². The van der Waals surface area contributed by atoms with Crippen LogP contribution in [0.2, 0.25) is 0 Å². The van der Waals surface area contributed by atoms with Gasteiger partial charge in [0.15, 0.2) is 5.58 Å². The first kappa shape index (κ1) is 20.1. The molecule has 0 saturated heterocycles. The molecule has 0 atom stereocenters. The molecule has 0 fully saturated rings. The molecule has 0 saturated carbocycles. The van der Waals surface area contributed by atoms with Gasteiger partial charge in [0.2, 0.25) is 0 Å². The Hall–Kier alpha value is -5.86. The molecule has 0 radical (unpaired) electrons. The average molecular weight is 570 g/mol. The van der Waals surface area contributed by atoms with Crippen molar-refractivity contribution in [3.63, 3.8) is 0 Å². The van der Waals surface area contributed by atoms with Gasteiger partial charge in [-0.05, 0) is 69.7 Å². The largest absolute Gasteiger partial charge is 0.454 e. The fraction of sp³-hybridized carbons (Fsp3) is 0. The van der Waals surface area contributed by atoms with Crippen molar-refractivity contribution < 1.29 is 12.6 Å². The standard InChI is InChI=1S/C42H29NO/c1-4-12-30(13-5-1)32-22-26-35(27-23-32)43(36-28-24-33(25-29-36)31-14-6-2-7-15-31)39-20-10-19-38-41-37(34-16-8-3-9-17-34)18-11-21-40(41)44-42(38)39/h1-29H/i10D,11D,18D,19D,20D,21D. The van der Waals surface area contributed by atoms with E-state index in [0.29, 0.717) is 27.9 Å². The zero-order chi connectivity index (χ0) is 34.5. The van der Waals surface area contributed by atoms with Crippen LogP contribution in [0.5, 0.6) is 0 Å². The summed E-state index contributed by atoms with van der Waals surface area (Å²) in [6.45, 7) is 0. The number of rotatable bonds is 6. The van der Waals surface area contributed by atoms with Gasteiger partial charge in [-0.15, -0.1) is 0 Å². The average Bonchev–Trinajstić information content (AvgIpc) is 3.56. The Morgan fingerprint density at radius 2 is 0.932 bits per heavy atom. The molecule has 2 heteroatoms. The first-order valence-corrected chi connectivity index (χ1v) is 14.5. The molecule has 0 spiro atoms. The number of fused-ring (bicyclic) bond motifs is 3. The smallest absolute Gasteiger partial charge is 0.159 e. The van der Waals surface area contributed by atoms with Crippen molar-refractivity contribution in [2.45, 2.75) is 0 Å². The van der Waals surface area contributed by atoms with E-state index < -0.39 is 0 Å². The van der Waals surface area contributed by atoms with E-state index in [2.05, 4.69) is 0 Å². The first-order chi connectivity index (χ1) is 24.3. The Kier molecular flexibility index (Phi) is 5.07. The fourth-order valence-corrected chi connectivity index (χ4v) is 5.72. The molecular formula is C42H29NO. The minimum atomic E-state index is -0.311. The normalized spacial score (nSPS) is 13.1. The van der Waals surface area contributed by atoms with Crippen LogP contribution in [-0.2, 0) is 0 Å². The van der Waals surface area contributed by atoms with E-state index in [4.69, 9.17) is 11.3 Å². The number of para-hydroxylation sites is 1. The Bertz CT molecular complexity index is 2430. The molecule has 8 rings (SSSR count). The molecule has 0 aliphatic carbocycles. The lowest BCUT2D eigenvalue weighted by molar-refractivity contribution is 0.669. The molecule has 0 bridgehead atoms. The summed E-state index contributed by atoms with van der Waals surface area (Å²) < 4.78 is 60.4. The molecule has 1 aromatic heterocycles. The summed E-state index contributed by atoms with van der Waals surface area (Å²) >= 11 is 0. The lowest BCUT2D eigenvalue weighted by Gasteiger charge is -2.26. The molecular weight excluding hydrogens is 534 g/mol. The van der Waals surface area contributed by atoms with Gasteiger partial charge >= 0.3 is 0 Å². The zero-order valence-electron chi connectivity index (χ0n) is 29.6. The highest BCUT2D eigenvalue weighted by Crippen LogP contribution is 2.44. The van der Waals surface area contributed by atoms with Gasteiger partial charge in [0.1, 0.15) is 5.58 Å². The predicted octanol–water partition coefficient (Wildman–Crippen LogP) is 12.1. The van der Waals surface area contributed by atoms with E-state index in [1.54, 1.807) is 0 Å². The third kappa shape index (κ3) is 4.63. The van der Waals surface area contributed by atoms with Gasteiger partial charge in [0, 0.05) is 22.1 Å². The molecule has 208 valence electrons. The van der Waals surface area contributed by atoms with Crippen molar-refractivity contribution in [1.29, 1.82) is 0 Å². The Morgan fingerprint density at radius 1 is 0.455 bits per heavy atom. The number of anilines is 3. The molecule has 44 heavy (non-hydrogen) atoms. The van der Waals surface area contributed by atoms with E-state index >= 15 is 0 Å². The molecule has 0 N–H and O–H groups in total. The molecule has 1 heterocycles. The minimum absolute atomic E-state index is 0.0402. The first-order valence-electron chi connectivity index (χ1n) is 17.5. The van der Waals surface area contributed by atoms with Crippen molar-refractivity contribution in [2.75, 3.05) is 4.90 Å². The number of furan rings is 1. The van der Waals surface area contributed by atoms with Crippen molar-refractivity contribution in [2.24, 2.45) is 0 Å². The summed E-state index contributed by atoms with van der Waals surface area (Å²) in [7, 11) is 0. The minimum Gasteiger partial charge on any atom is -0.454 e. The number of hydrogen-bond donors (Lipinski definition) is 0. The van der Waals surface area contributed by atoms with Crippen molar-refractivity contribution in [1.82, 2.24) is 0 Å². The van der Waals surface area contributed by atoms with Crippen LogP contribution < -0.4 is 4.90 Å². The summed E-state index contributed by atoms with van der Waals surface area (Å²) in [5.41, 5.74) is 6.91. The summed E-state index contributed by atoms with van der Waals surface area (Å²) in [4.78, 5) is 1.85. The monoisotopic (exact) mass is 569 g/mol. The molecule has 8 aromatic rings. The Labute approximate surface area is 265 Å². The van der Waals surface area contributed by atoms with E-state index in [-0.39, 0.29) is 58.5 Å². The Balaban J connectivity index is 1.43. The van der Waals surface area contributed by atoms with Crippen LogP contribution in [0, 0.1) is 0 Å². The quantitative estimate of drug-likeness (QED) is 0.198. The van der Waals surface area contributed by atoms with Crippen LogP contribution in [0.1, 0.15) is 8.22 Å². The third-order valence-electron chi connectivity index (χ3n) is 7.86. The van der Waals surface area contributed by atoms with E-state index in [1.807, 2.05) is 144 Å². The molecule has 0 amide bonds.